The number of amides is 2. The summed E-state index contributed by atoms with van der Waals surface area (Å²) in [5, 5.41) is 8.14. The van der Waals surface area contributed by atoms with Crippen LogP contribution in [0.4, 0.5) is 0 Å². The van der Waals surface area contributed by atoms with Gasteiger partial charge in [0, 0.05) is 13.1 Å². The van der Waals surface area contributed by atoms with E-state index < -0.39 is 23.8 Å². The Morgan fingerprint density at radius 1 is 1.38 bits per heavy atom. The van der Waals surface area contributed by atoms with Crippen LogP contribution in [0.3, 0.4) is 0 Å². The molecular formula is C15H21N3O3. The van der Waals surface area contributed by atoms with Gasteiger partial charge in [-0.2, -0.15) is 0 Å². The van der Waals surface area contributed by atoms with Crippen LogP contribution in [0.15, 0.2) is 24.8 Å². The Hall–Kier alpha value is -1.95. The number of Topliss-reactive ketones (excluding diaryl/α,β-unsaturated/α-hetero) is 1. The van der Waals surface area contributed by atoms with Crippen molar-refractivity contribution in [2.45, 2.75) is 31.3 Å². The third kappa shape index (κ3) is 4.53. The SMILES string of the molecule is C=CCNC(=O)C(=O)C(CC1CC1)NC(=O)[C@@H]1C=CCN1. The van der Waals surface area contributed by atoms with Crippen LogP contribution in [0.5, 0.6) is 0 Å². The van der Waals surface area contributed by atoms with Gasteiger partial charge in [0.25, 0.3) is 5.91 Å². The molecule has 1 unspecified atom stereocenters. The summed E-state index contributed by atoms with van der Waals surface area (Å²) >= 11 is 0. The topological polar surface area (TPSA) is 87.3 Å². The van der Waals surface area contributed by atoms with Crippen LogP contribution >= 0.6 is 0 Å². The van der Waals surface area contributed by atoms with E-state index in [-0.39, 0.29) is 12.5 Å². The number of nitrogens with one attached hydrogen (secondary N) is 3. The highest BCUT2D eigenvalue weighted by Gasteiger charge is 2.34. The molecule has 0 saturated heterocycles. The van der Waals surface area contributed by atoms with Gasteiger partial charge < -0.3 is 10.6 Å². The molecule has 114 valence electrons. The van der Waals surface area contributed by atoms with Crippen molar-refractivity contribution < 1.29 is 14.4 Å². The van der Waals surface area contributed by atoms with Crippen molar-refractivity contribution in [1.82, 2.24) is 16.0 Å². The lowest BCUT2D eigenvalue weighted by molar-refractivity contribution is -0.140. The molecule has 6 heteroatoms. The first-order valence-electron chi connectivity index (χ1n) is 7.25. The standard InChI is InChI=1S/C15H21N3O3/c1-2-7-17-15(21)13(19)12(9-10-5-6-10)18-14(20)11-4-3-8-16-11/h2-4,10-12,16H,1,5-9H2,(H,17,21)(H,18,20)/t11-,12?/m0/s1. The molecule has 0 radical (unpaired) electrons. The van der Waals surface area contributed by atoms with Crippen molar-refractivity contribution in [2.24, 2.45) is 5.92 Å². The van der Waals surface area contributed by atoms with Crippen molar-refractivity contribution in [2.75, 3.05) is 13.1 Å². The van der Waals surface area contributed by atoms with Gasteiger partial charge in [0.2, 0.25) is 11.7 Å². The summed E-state index contributed by atoms with van der Waals surface area (Å²) in [6, 6.07) is -1.17. The molecule has 0 spiro atoms. The molecular weight excluding hydrogens is 270 g/mol. The quantitative estimate of drug-likeness (QED) is 0.422. The number of rotatable bonds is 8. The smallest absolute Gasteiger partial charge is 0.289 e. The average Bonchev–Trinajstić information content (AvgIpc) is 3.12. The fourth-order valence-electron chi connectivity index (χ4n) is 2.24. The second-order valence-electron chi connectivity index (χ2n) is 5.42. The highest BCUT2D eigenvalue weighted by atomic mass is 16.2. The molecule has 1 saturated carbocycles. The second-order valence-corrected chi connectivity index (χ2v) is 5.42. The molecule has 2 amide bonds. The van der Waals surface area contributed by atoms with Gasteiger partial charge in [-0.1, -0.05) is 31.1 Å². The van der Waals surface area contributed by atoms with Gasteiger partial charge in [-0.3, -0.25) is 19.7 Å². The third-order valence-corrected chi connectivity index (χ3v) is 3.60. The maximum Gasteiger partial charge on any atom is 0.289 e. The summed E-state index contributed by atoms with van der Waals surface area (Å²) < 4.78 is 0. The average molecular weight is 291 g/mol. The number of carbonyl (C=O) groups excluding carboxylic acids is 3. The lowest BCUT2D eigenvalue weighted by atomic mass is 10.0. The predicted octanol–water partition coefficient (Wildman–Crippen LogP) is -0.329. The van der Waals surface area contributed by atoms with Crippen LogP contribution in [-0.2, 0) is 14.4 Å². The summed E-state index contributed by atoms with van der Waals surface area (Å²) in [6.07, 6.45) is 7.75. The first kappa shape index (κ1) is 15.4. The Morgan fingerprint density at radius 2 is 2.14 bits per heavy atom. The lowest BCUT2D eigenvalue weighted by Gasteiger charge is -2.19. The lowest BCUT2D eigenvalue weighted by Crippen LogP contribution is -2.51. The highest BCUT2D eigenvalue weighted by molar-refractivity contribution is 6.38. The molecule has 1 fully saturated rings. The van der Waals surface area contributed by atoms with Gasteiger partial charge in [0.05, 0.1) is 6.04 Å². The van der Waals surface area contributed by atoms with Crippen molar-refractivity contribution >= 4 is 17.6 Å². The summed E-state index contributed by atoms with van der Waals surface area (Å²) in [5.74, 6) is -1.09. The van der Waals surface area contributed by atoms with E-state index in [1.807, 2.05) is 6.08 Å². The van der Waals surface area contributed by atoms with Gasteiger partial charge in [0.15, 0.2) is 0 Å². The molecule has 0 aromatic rings. The van der Waals surface area contributed by atoms with Crippen molar-refractivity contribution in [3.63, 3.8) is 0 Å². The molecule has 0 bridgehead atoms. The summed E-state index contributed by atoms with van der Waals surface area (Å²) in [5.41, 5.74) is 0. The molecule has 1 heterocycles. The van der Waals surface area contributed by atoms with Crippen LogP contribution in [0.2, 0.25) is 0 Å². The van der Waals surface area contributed by atoms with Gasteiger partial charge >= 0.3 is 0 Å². The number of carbonyl (C=O) groups is 3. The molecule has 2 aliphatic rings. The summed E-state index contributed by atoms with van der Waals surface area (Å²) in [6.45, 7) is 4.36. The van der Waals surface area contributed by atoms with E-state index in [1.165, 1.54) is 6.08 Å². The monoisotopic (exact) mass is 291 g/mol. The minimum absolute atomic E-state index is 0.238. The first-order chi connectivity index (χ1) is 10.1. The van der Waals surface area contributed by atoms with Crippen LogP contribution in [0.1, 0.15) is 19.3 Å². The Labute approximate surface area is 124 Å². The molecule has 21 heavy (non-hydrogen) atoms. The Morgan fingerprint density at radius 3 is 2.71 bits per heavy atom. The van der Waals surface area contributed by atoms with E-state index in [0.29, 0.717) is 18.9 Å². The maximum absolute atomic E-state index is 12.2. The van der Waals surface area contributed by atoms with Gasteiger partial charge in [0.1, 0.15) is 6.04 Å². The van der Waals surface area contributed by atoms with Crippen LogP contribution < -0.4 is 16.0 Å². The van der Waals surface area contributed by atoms with E-state index in [0.717, 1.165) is 12.8 Å². The number of ketones is 1. The van der Waals surface area contributed by atoms with E-state index >= 15 is 0 Å². The predicted molar refractivity (Wildman–Crippen MR) is 78.4 cm³/mol. The normalized spacial score (nSPS) is 21.6. The molecule has 0 aromatic carbocycles. The molecule has 0 aromatic heterocycles. The minimum Gasteiger partial charge on any atom is -0.346 e. The van der Waals surface area contributed by atoms with Crippen molar-refractivity contribution in [1.29, 1.82) is 0 Å². The number of hydrogen-bond acceptors (Lipinski definition) is 4. The van der Waals surface area contributed by atoms with Gasteiger partial charge in [-0.15, -0.1) is 6.58 Å². The van der Waals surface area contributed by atoms with Crippen LogP contribution in [0, 0.1) is 5.92 Å². The van der Waals surface area contributed by atoms with Gasteiger partial charge in [-0.05, 0) is 12.3 Å². The molecule has 3 N–H and O–H groups in total. The Balaban J connectivity index is 1.94. The largest absolute Gasteiger partial charge is 0.346 e. The van der Waals surface area contributed by atoms with Gasteiger partial charge in [-0.25, -0.2) is 0 Å². The Kier molecular flexibility index (Phi) is 5.27. The zero-order valence-corrected chi connectivity index (χ0v) is 11.9. The van der Waals surface area contributed by atoms with Crippen molar-refractivity contribution in [3.05, 3.63) is 24.8 Å². The molecule has 6 nitrogen and oxygen atoms in total. The van der Waals surface area contributed by atoms with E-state index in [2.05, 4.69) is 22.5 Å². The zero-order chi connectivity index (χ0) is 15.2. The maximum atomic E-state index is 12.2. The first-order valence-corrected chi connectivity index (χ1v) is 7.25. The molecule has 1 aliphatic carbocycles. The van der Waals surface area contributed by atoms with Crippen LogP contribution in [-0.4, -0.2) is 42.8 Å². The molecule has 2 rings (SSSR count). The van der Waals surface area contributed by atoms with E-state index in [4.69, 9.17) is 0 Å². The molecule has 2 atom stereocenters. The molecule has 1 aliphatic heterocycles. The Bertz CT molecular complexity index is 469. The van der Waals surface area contributed by atoms with E-state index in [9.17, 15) is 14.4 Å². The second kappa shape index (κ2) is 7.17. The fourth-order valence-corrected chi connectivity index (χ4v) is 2.24. The summed E-state index contributed by atoms with van der Waals surface area (Å²) in [7, 11) is 0. The van der Waals surface area contributed by atoms with E-state index in [1.54, 1.807) is 6.08 Å². The minimum atomic E-state index is -0.745. The van der Waals surface area contributed by atoms with Crippen molar-refractivity contribution in [3.8, 4) is 0 Å². The highest BCUT2D eigenvalue weighted by Crippen LogP contribution is 2.33. The zero-order valence-electron chi connectivity index (χ0n) is 11.9. The van der Waals surface area contributed by atoms with Crippen LogP contribution in [0.25, 0.3) is 0 Å². The fraction of sp³-hybridized carbons (Fsp3) is 0.533. The third-order valence-electron chi connectivity index (χ3n) is 3.60. The number of hydrogen-bond donors (Lipinski definition) is 3. The summed E-state index contributed by atoms with van der Waals surface area (Å²) in [4.78, 5) is 36.0.